The largest absolute Gasteiger partial charge is 0.488 e. The first-order chi connectivity index (χ1) is 15.4. The molecule has 1 fully saturated rings. The first-order valence-electron chi connectivity index (χ1n) is 11.4. The van der Waals surface area contributed by atoms with Crippen LogP contribution in [0, 0.1) is 0 Å². The van der Waals surface area contributed by atoms with Crippen molar-refractivity contribution >= 4 is 11.8 Å². The predicted octanol–water partition coefficient (Wildman–Crippen LogP) is 3.24. The van der Waals surface area contributed by atoms with Crippen molar-refractivity contribution in [2.45, 2.75) is 64.6 Å². The van der Waals surface area contributed by atoms with Gasteiger partial charge < -0.3 is 29.9 Å². The first-order valence-corrected chi connectivity index (χ1v) is 11.4. The van der Waals surface area contributed by atoms with E-state index in [1.807, 2.05) is 6.07 Å². The zero-order valence-electron chi connectivity index (χ0n) is 19.9. The zero-order valence-corrected chi connectivity index (χ0v) is 19.9. The van der Waals surface area contributed by atoms with Gasteiger partial charge in [-0.3, -0.25) is 0 Å². The van der Waals surface area contributed by atoms with Crippen molar-refractivity contribution in [2.75, 3.05) is 34.4 Å². The van der Waals surface area contributed by atoms with Gasteiger partial charge in [0.1, 0.15) is 18.1 Å². The van der Waals surface area contributed by atoms with E-state index in [0.717, 1.165) is 25.7 Å². The van der Waals surface area contributed by atoms with Gasteiger partial charge in [-0.1, -0.05) is 19.8 Å². The molecule has 0 saturated heterocycles. The molecule has 1 heterocycles. The number of pyridine rings is 1. The van der Waals surface area contributed by atoms with Gasteiger partial charge in [-0.15, -0.1) is 0 Å². The van der Waals surface area contributed by atoms with Crippen molar-refractivity contribution in [3.63, 3.8) is 0 Å². The van der Waals surface area contributed by atoms with E-state index in [-0.39, 0.29) is 12.7 Å². The third-order valence-electron chi connectivity index (χ3n) is 5.56. The van der Waals surface area contributed by atoms with Crippen molar-refractivity contribution in [1.82, 2.24) is 14.9 Å². The number of hydrazine groups is 1. The summed E-state index contributed by atoms with van der Waals surface area (Å²) in [6, 6.07) is 3.67. The van der Waals surface area contributed by atoms with E-state index in [2.05, 4.69) is 11.9 Å². The molecule has 4 N–H and O–H groups in total. The average Bonchev–Trinajstić information content (AvgIpc) is 2.79. The van der Waals surface area contributed by atoms with E-state index in [1.54, 1.807) is 32.2 Å². The van der Waals surface area contributed by atoms with Crippen molar-refractivity contribution in [1.29, 1.82) is 0 Å². The lowest BCUT2D eigenvalue weighted by molar-refractivity contribution is 0.113. The number of carbonyl (C=O) groups excluding carboxylic acids is 1. The molecule has 0 atom stereocenters. The molecule has 0 aromatic carbocycles. The summed E-state index contributed by atoms with van der Waals surface area (Å²) < 4.78 is 17.0. The molecule has 32 heavy (non-hydrogen) atoms. The molecule has 1 aliphatic carbocycles. The monoisotopic (exact) mass is 449 g/mol. The highest BCUT2D eigenvalue weighted by Crippen LogP contribution is 2.27. The van der Waals surface area contributed by atoms with Gasteiger partial charge in [0.05, 0.1) is 29.8 Å². The van der Waals surface area contributed by atoms with E-state index in [9.17, 15) is 4.79 Å². The van der Waals surface area contributed by atoms with Crippen LogP contribution in [0.3, 0.4) is 0 Å². The summed E-state index contributed by atoms with van der Waals surface area (Å²) in [5.41, 5.74) is 8.38. The molecule has 1 aromatic rings. The molecule has 0 radical (unpaired) electrons. The molecule has 2 rings (SSSR count). The number of carbonyl (C=O) groups is 1. The van der Waals surface area contributed by atoms with Gasteiger partial charge in [-0.2, -0.15) is 0 Å². The van der Waals surface area contributed by atoms with Crippen LogP contribution < -0.4 is 16.3 Å². The summed E-state index contributed by atoms with van der Waals surface area (Å²) in [7, 11) is 4.97. The van der Waals surface area contributed by atoms with Crippen LogP contribution in [0.4, 0.5) is 4.79 Å². The van der Waals surface area contributed by atoms with Crippen LogP contribution in [0.2, 0.25) is 0 Å². The van der Waals surface area contributed by atoms with Crippen LogP contribution in [0.25, 0.3) is 5.70 Å². The van der Waals surface area contributed by atoms with Crippen LogP contribution in [0.15, 0.2) is 17.8 Å². The van der Waals surface area contributed by atoms with Gasteiger partial charge in [-0.25, -0.2) is 15.6 Å². The Balaban J connectivity index is 2.18. The van der Waals surface area contributed by atoms with Crippen LogP contribution in [0.1, 0.15) is 63.3 Å². The number of nitrogens with two attached hydrogens (primary N) is 2. The minimum atomic E-state index is -0.421. The van der Waals surface area contributed by atoms with Crippen molar-refractivity contribution in [2.24, 2.45) is 11.6 Å². The van der Waals surface area contributed by atoms with Crippen molar-refractivity contribution in [3.8, 4) is 5.75 Å². The Morgan fingerprint density at radius 2 is 1.94 bits per heavy atom. The van der Waals surface area contributed by atoms with Gasteiger partial charge in [0, 0.05) is 27.7 Å². The second-order valence-electron chi connectivity index (χ2n) is 8.25. The Labute approximate surface area is 191 Å². The Kier molecular flexibility index (Phi) is 10.6. The molecule has 1 aromatic heterocycles. The summed E-state index contributed by atoms with van der Waals surface area (Å²) in [5, 5.41) is 1.35. The fraction of sp³-hybridized carbons (Fsp3) is 0.652. The summed E-state index contributed by atoms with van der Waals surface area (Å²) >= 11 is 0. The number of hydrogen-bond acceptors (Lipinski definition) is 8. The van der Waals surface area contributed by atoms with Gasteiger partial charge in [-0.05, 0) is 44.2 Å². The number of methoxy groups -OCH3 is 1. The number of hydrogen-bond donors (Lipinski definition) is 2. The van der Waals surface area contributed by atoms with Crippen LogP contribution in [-0.4, -0.2) is 61.4 Å². The first kappa shape index (κ1) is 25.7. The normalized spacial score (nSPS) is 15.2. The number of amides is 1. The van der Waals surface area contributed by atoms with Gasteiger partial charge in [0.2, 0.25) is 0 Å². The summed E-state index contributed by atoms with van der Waals surface area (Å²) in [6.45, 7) is 2.94. The molecular weight excluding hydrogens is 410 g/mol. The Bertz CT molecular complexity index is 763. The second-order valence-corrected chi connectivity index (χ2v) is 8.25. The number of nitrogens with zero attached hydrogens (tertiary/aromatic N) is 3. The summed E-state index contributed by atoms with van der Waals surface area (Å²) in [5.74, 6) is 6.69. The molecular formula is C23H39N5O4. The molecule has 9 heteroatoms. The van der Waals surface area contributed by atoms with E-state index in [0.29, 0.717) is 41.7 Å². The lowest BCUT2D eigenvalue weighted by Gasteiger charge is -2.24. The van der Waals surface area contributed by atoms with Crippen LogP contribution >= 0.6 is 0 Å². The number of rotatable bonds is 11. The Hall–Kier alpha value is -2.52. The van der Waals surface area contributed by atoms with E-state index in [1.165, 1.54) is 24.3 Å². The summed E-state index contributed by atoms with van der Waals surface area (Å²) in [4.78, 5) is 18.5. The van der Waals surface area contributed by atoms with Crippen LogP contribution in [-0.2, 0) is 16.1 Å². The smallest absolute Gasteiger partial charge is 0.409 e. The second kappa shape index (κ2) is 13.1. The van der Waals surface area contributed by atoms with E-state index in [4.69, 9.17) is 25.8 Å². The van der Waals surface area contributed by atoms with Gasteiger partial charge >= 0.3 is 6.09 Å². The lowest BCUT2D eigenvalue weighted by Crippen LogP contribution is -2.34. The molecule has 1 amide bonds. The van der Waals surface area contributed by atoms with Crippen molar-refractivity contribution < 1.29 is 19.0 Å². The van der Waals surface area contributed by atoms with Gasteiger partial charge in [0.25, 0.3) is 0 Å². The molecule has 9 nitrogen and oxygen atoms in total. The molecule has 1 saturated carbocycles. The highest BCUT2D eigenvalue weighted by Gasteiger charge is 2.20. The third-order valence-corrected chi connectivity index (χ3v) is 5.56. The lowest BCUT2D eigenvalue weighted by atomic mass is 9.98. The molecule has 180 valence electrons. The SMILES string of the molecule is CCCCN(C)C(=O)OC/C(=C(/N)c1ccc(OC2CCCCC2)c(COC)n1)N(C)N. The minimum Gasteiger partial charge on any atom is -0.488 e. The zero-order chi connectivity index (χ0) is 23.5. The van der Waals surface area contributed by atoms with E-state index >= 15 is 0 Å². The van der Waals surface area contributed by atoms with Crippen LogP contribution in [0.5, 0.6) is 5.75 Å². The maximum absolute atomic E-state index is 12.2. The van der Waals surface area contributed by atoms with Crippen molar-refractivity contribution in [3.05, 3.63) is 29.2 Å². The Morgan fingerprint density at radius 3 is 2.56 bits per heavy atom. The predicted molar refractivity (Wildman–Crippen MR) is 124 cm³/mol. The molecule has 0 bridgehead atoms. The average molecular weight is 450 g/mol. The molecule has 0 unspecified atom stereocenters. The van der Waals surface area contributed by atoms with E-state index < -0.39 is 6.09 Å². The molecule has 0 aliphatic heterocycles. The maximum Gasteiger partial charge on any atom is 0.409 e. The minimum absolute atomic E-state index is 0.0598. The number of likely N-dealkylation sites (N-methyl/N-ethyl adjacent to an activating group) is 1. The molecule has 0 spiro atoms. The number of unbranched alkanes of at least 4 members (excludes halogenated alkanes) is 1. The quantitative estimate of drug-likeness (QED) is 0.391. The fourth-order valence-electron chi connectivity index (χ4n) is 3.59. The highest BCUT2D eigenvalue weighted by molar-refractivity contribution is 5.68. The Morgan fingerprint density at radius 1 is 1.22 bits per heavy atom. The third kappa shape index (κ3) is 7.56. The maximum atomic E-state index is 12.2. The van der Waals surface area contributed by atoms with Gasteiger partial charge in [0.15, 0.2) is 0 Å². The topological polar surface area (TPSA) is 116 Å². The molecule has 1 aliphatic rings. The highest BCUT2D eigenvalue weighted by atomic mass is 16.6. The fourth-order valence-corrected chi connectivity index (χ4v) is 3.59. The standard InChI is InChI=1S/C23H39N5O4/c1-5-6-14-27(2)23(29)31-16-20(28(3)25)22(24)18-12-13-21(19(26-18)15-30-4)32-17-10-8-7-9-11-17/h12-13,17H,5-11,14-16,24-25H2,1-4H3/b22-20-. The number of aromatic nitrogens is 1. The number of ether oxygens (including phenoxy) is 3. The summed E-state index contributed by atoms with van der Waals surface area (Å²) in [6.07, 6.45) is 7.43.